The summed E-state index contributed by atoms with van der Waals surface area (Å²) in [6.07, 6.45) is 7.46. The van der Waals surface area contributed by atoms with E-state index in [0.29, 0.717) is 0 Å². The van der Waals surface area contributed by atoms with E-state index in [9.17, 15) is 9.18 Å². The first-order valence-electron chi connectivity index (χ1n) is 8.05. The molecular formula is C17H19FN2O2S. The van der Waals surface area contributed by atoms with Crippen LogP contribution in [0.1, 0.15) is 25.7 Å². The molecule has 0 radical (unpaired) electrons. The van der Waals surface area contributed by atoms with Gasteiger partial charge in [-0.3, -0.25) is 4.79 Å². The van der Waals surface area contributed by atoms with Crippen LogP contribution < -0.4 is 4.74 Å². The first kappa shape index (κ1) is 15.0. The third kappa shape index (κ3) is 2.84. The van der Waals surface area contributed by atoms with E-state index < -0.39 is 5.82 Å². The van der Waals surface area contributed by atoms with Crippen molar-refractivity contribution in [2.24, 2.45) is 0 Å². The van der Waals surface area contributed by atoms with Gasteiger partial charge >= 0.3 is 0 Å². The lowest BCUT2D eigenvalue weighted by atomic mass is 9.92. The number of pyridine rings is 1. The van der Waals surface area contributed by atoms with Crippen molar-refractivity contribution in [2.75, 3.05) is 18.8 Å². The molecule has 23 heavy (non-hydrogen) atoms. The van der Waals surface area contributed by atoms with E-state index in [0.717, 1.165) is 50.1 Å². The summed E-state index contributed by atoms with van der Waals surface area (Å²) in [6, 6.07) is 2.92. The summed E-state index contributed by atoms with van der Waals surface area (Å²) >= 11 is 1.84. The fraction of sp³-hybridized carbons (Fsp3) is 0.529. The molecule has 1 aromatic heterocycles. The number of aromatic nitrogens is 1. The Labute approximate surface area is 139 Å². The average molecular weight is 334 g/mol. The number of ether oxygens (including phenoxy) is 1. The molecule has 122 valence electrons. The van der Waals surface area contributed by atoms with Crippen molar-refractivity contribution in [3.8, 4) is 5.88 Å². The number of carbonyl (C=O) groups is 1. The van der Waals surface area contributed by atoms with E-state index >= 15 is 0 Å². The molecule has 2 saturated heterocycles. The minimum Gasteiger partial charge on any atom is -0.471 e. The molecule has 1 aliphatic carbocycles. The third-order valence-corrected chi connectivity index (χ3v) is 6.31. The van der Waals surface area contributed by atoms with Crippen LogP contribution >= 0.6 is 11.8 Å². The Morgan fingerprint density at radius 1 is 1.48 bits per heavy atom. The number of rotatable bonds is 3. The van der Waals surface area contributed by atoms with E-state index in [4.69, 9.17) is 4.74 Å². The normalized spacial score (nSPS) is 25.3. The average Bonchev–Trinajstić information content (AvgIpc) is 3.17. The number of allylic oxidation sites excluding steroid dienone is 1. The third-order valence-electron chi connectivity index (χ3n) is 4.74. The van der Waals surface area contributed by atoms with Crippen LogP contribution in [0.2, 0.25) is 0 Å². The zero-order valence-electron chi connectivity index (χ0n) is 12.8. The molecular weight excluding hydrogens is 315 g/mol. The quantitative estimate of drug-likeness (QED) is 0.852. The molecule has 2 fully saturated rings. The number of nitrogens with zero attached hydrogens (tertiary/aromatic N) is 2. The summed E-state index contributed by atoms with van der Waals surface area (Å²) in [5.74, 6) is 0.685. The lowest BCUT2D eigenvalue weighted by Gasteiger charge is -2.47. The van der Waals surface area contributed by atoms with Crippen LogP contribution in [0, 0.1) is 5.82 Å². The van der Waals surface area contributed by atoms with Crippen molar-refractivity contribution in [2.45, 2.75) is 36.5 Å². The first-order valence-corrected chi connectivity index (χ1v) is 9.03. The molecule has 1 atom stereocenters. The zero-order valence-corrected chi connectivity index (χ0v) is 13.7. The van der Waals surface area contributed by atoms with Crippen LogP contribution in [0.5, 0.6) is 5.88 Å². The highest BCUT2D eigenvalue weighted by atomic mass is 32.2. The first-order chi connectivity index (χ1) is 11.2. The van der Waals surface area contributed by atoms with Crippen LogP contribution in [-0.4, -0.2) is 45.5 Å². The van der Waals surface area contributed by atoms with Gasteiger partial charge in [-0.1, -0.05) is 6.08 Å². The van der Waals surface area contributed by atoms with Crippen molar-refractivity contribution in [3.05, 3.63) is 35.8 Å². The maximum atomic E-state index is 13.6. The van der Waals surface area contributed by atoms with E-state index in [-0.39, 0.29) is 22.6 Å². The maximum absolute atomic E-state index is 13.6. The van der Waals surface area contributed by atoms with Crippen molar-refractivity contribution in [1.82, 2.24) is 9.88 Å². The molecule has 1 amide bonds. The number of likely N-dealkylation sites (tertiary alicyclic amines) is 1. The molecule has 0 bridgehead atoms. The molecule has 3 heterocycles. The van der Waals surface area contributed by atoms with Crippen LogP contribution in [0.25, 0.3) is 0 Å². The van der Waals surface area contributed by atoms with E-state index in [1.807, 2.05) is 16.7 Å². The topological polar surface area (TPSA) is 42.4 Å². The van der Waals surface area contributed by atoms with E-state index in [1.54, 1.807) is 6.07 Å². The highest BCUT2D eigenvalue weighted by Gasteiger charge is 2.51. The van der Waals surface area contributed by atoms with Crippen molar-refractivity contribution in [3.63, 3.8) is 0 Å². The number of hydrogen-bond donors (Lipinski definition) is 0. The minimum atomic E-state index is -0.419. The summed E-state index contributed by atoms with van der Waals surface area (Å²) in [5, 5.41) is 0. The summed E-state index contributed by atoms with van der Waals surface area (Å²) in [4.78, 5) is 18.2. The van der Waals surface area contributed by atoms with Gasteiger partial charge in [0.05, 0.1) is 4.75 Å². The smallest absolute Gasteiger partial charge is 0.250 e. The lowest BCUT2D eigenvalue weighted by Crippen LogP contribution is -2.61. The molecule has 0 unspecified atom stereocenters. The molecule has 0 aromatic carbocycles. The Morgan fingerprint density at radius 2 is 2.35 bits per heavy atom. The SMILES string of the molecule is O=C(C1=CCCC1)N1CC2(C[C@@H](Oc3ncccc3F)CS2)C1. The second-order valence-electron chi connectivity index (χ2n) is 6.51. The second-order valence-corrected chi connectivity index (χ2v) is 8.00. The van der Waals surface area contributed by atoms with Gasteiger partial charge in [0.15, 0.2) is 5.82 Å². The number of halogens is 1. The standard InChI is InChI=1S/C17H19FN2O2S/c18-14-6-3-7-19-15(14)22-13-8-17(23-9-13)10-20(11-17)16(21)12-4-1-2-5-12/h3-4,6-7,13H,1-2,5,8-11H2/t13-/m1/s1. The fourth-order valence-corrected chi connectivity index (χ4v) is 5.10. The highest BCUT2D eigenvalue weighted by Crippen LogP contribution is 2.46. The van der Waals surface area contributed by atoms with Gasteiger partial charge in [0, 0.05) is 37.0 Å². The van der Waals surface area contributed by atoms with E-state index in [2.05, 4.69) is 11.1 Å². The largest absolute Gasteiger partial charge is 0.471 e. The van der Waals surface area contributed by atoms with Gasteiger partial charge in [-0.2, -0.15) is 0 Å². The Morgan fingerprint density at radius 3 is 3.09 bits per heavy atom. The monoisotopic (exact) mass is 334 g/mol. The molecule has 0 N–H and O–H groups in total. The van der Waals surface area contributed by atoms with Crippen molar-refractivity contribution < 1.29 is 13.9 Å². The van der Waals surface area contributed by atoms with Gasteiger partial charge in [-0.05, 0) is 31.4 Å². The van der Waals surface area contributed by atoms with Crippen molar-refractivity contribution >= 4 is 17.7 Å². The predicted octanol–water partition coefficient (Wildman–Crippen LogP) is 2.80. The Balaban J connectivity index is 1.33. The fourth-order valence-electron chi connectivity index (χ4n) is 3.58. The summed E-state index contributed by atoms with van der Waals surface area (Å²) < 4.78 is 19.4. The lowest BCUT2D eigenvalue weighted by molar-refractivity contribution is -0.132. The highest BCUT2D eigenvalue weighted by molar-refractivity contribution is 8.01. The van der Waals surface area contributed by atoms with Crippen LogP contribution in [0.4, 0.5) is 4.39 Å². The van der Waals surface area contributed by atoms with Crippen LogP contribution in [0.3, 0.4) is 0 Å². The molecule has 6 heteroatoms. The van der Waals surface area contributed by atoms with Gasteiger partial charge in [0.1, 0.15) is 6.10 Å². The summed E-state index contributed by atoms with van der Waals surface area (Å²) in [6.45, 7) is 1.55. The summed E-state index contributed by atoms with van der Waals surface area (Å²) in [7, 11) is 0. The molecule has 3 aliphatic rings. The van der Waals surface area contributed by atoms with Crippen molar-refractivity contribution in [1.29, 1.82) is 0 Å². The number of carbonyl (C=O) groups excluding carboxylic acids is 1. The maximum Gasteiger partial charge on any atom is 0.250 e. The number of hydrogen-bond acceptors (Lipinski definition) is 4. The molecule has 1 aromatic rings. The molecule has 4 nitrogen and oxygen atoms in total. The van der Waals surface area contributed by atoms with Gasteiger partial charge in [0.25, 0.3) is 5.88 Å². The Kier molecular flexibility index (Phi) is 3.79. The van der Waals surface area contributed by atoms with E-state index in [1.165, 1.54) is 12.3 Å². The van der Waals surface area contributed by atoms with Crippen LogP contribution in [0.15, 0.2) is 30.0 Å². The molecule has 1 spiro atoms. The zero-order chi connectivity index (χ0) is 15.9. The van der Waals surface area contributed by atoms with Gasteiger partial charge in [0.2, 0.25) is 5.91 Å². The summed E-state index contributed by atoms with van der Waals surface area (Å²) in [5.41, 5.74) is 0.978. The number of thioether (sulfide) groups is 1. The second kappa shape index (κ2) is 5.82. The van der Waals surface area contributed by atoms with Gasteiger partial charge in [-0.25, -0.2) is 9.37 Å². The Hall–Kier alpha value is -1.56. The van der Waals surface area contributed by atoms with Gasteiger partial charge in [-0.15, -0.1) is 11.8 Å². The molecule has 4 rings (SSSR count). The minimum absolute atomic E-state index is 0.0349. The Bertz CT molecular complexity index is 658. The predicted molar refractivity (Wildman–Crippen MR) is 86.9 cm³/mol. The molecule has 2 aliphatic heterocycles. The van der Waals surface area contributed by atoms with Gasteiger partial charge < -0.3 is 9.64 Å². The number of amides is 1. The van der Waals surface area contributed by atoms with Crippen LogP contribution in [-0.2, 0) is 4.79 Å². The molecule has 0 saturated carbocycles.